The van der Waals surface area contributed by atoms with E-state index in [-0.39, 0.29) is 18.0 Å². The molecule has 0 aromatic heterocycles. The number of benzene rings is 1. The molecule has 2 aliphatic heterocycles. The molecule has 7 heteroatoms. The van der Waals surface area contributed by atoms with Gasteiger partial charge in [0.05, 0.1) is 11.3 Å². The second-order valence-electron chi connectivity index (χ2n) is 5.52. The molecule has 0 aliphatic carbocycles. The van der Waals surface area contributed by atoms with E-state index in [9.17, 15) is 14.9 Å². The SMILES string of the molecule is O=C1Cc2cc([N+](=O)[O-])c(NCC[C@H]3CCCN3)cc2N1. The van der Waals surface area contributed by atoms with Crippen molar-refractivity contribution in [3.63, 3.8) is 0 Å². The Labute approximate surface area is 122 Å². The van der Waals surface area contributed by atoms with Gasteiger partial charge in [-0.25, -0.2) is 0 Å². The highest BCUT2D eigenvalue weighted by Gasteiger charge is 2.24. The molecule has 0 spiro atoms. The van der Waals surface area contributed by atoms with Gasteiger partial charge in [0.15, 0.2) is 0 Å². The van der Waals surface area contributed by atoms with Crippen molar-refractivity contribution in [3.05, 3.63) is 27.8 Å². The average molecular weight is 290 g/mol. The van der Waals surface area contributed by atoms with Crippen molar-refractivity contribution in [1.82, 2.24) is 5.32 Å². The molecule has 3 rings (SSSR count). The molecule has 1 saturated heterocycles. The number of nitro groups is 1. The van der Waals surface area contributed by atoms with Crippen LogP contribution in [0.2, 0.25) is 0 Å². The highest BCUT2D eigenvalue weighted by molar-refractivity contribution is 6.00. The van der Waals surface area contributed by atoms with E-state index >= 15 is 0 Å². The largest absolute Gasteiger partial charge is 0.379 e. The summed E-state index contributed by atoms with van der Waals surface area (Å²) in [7, 11) is 0. The summed E-state index contributed by atoms with van der Waals surface area (Å²) in [5.74, 6) is -0.119. The molecule has 2 aliphatic rings. The number of nitrogens with one attached hydrogen (secondary N) is 3. The topological polar surface area (TPSA) is 96.3 Å². The second-order valence-corrected chi connectivity index (χ2v) is 5.52. The number of anilines is 2. The van der Waals surface area contributed by atoms with Crippen molar-refractivity contribution in [2.45, 2.75) is 31.7 Å². The Bertz CT molecular complexity index is 582. The molecule has 0 bridgehead atoms. The molecule has 1 amide bonds. The molecule has 2 heterocycles. The number of hydrogen-bond donors (Lipinski definition) is 3. The van der Waals surface area contributed by atoms with Crippen LogP contribution in [-0.2, 0) is 11.2 Å². The maximum Gasteiger partial charge on any atom is 0.292 e. The van der Waals surface area contributed by atoms with Gasteiger partial charge in [0.1, 0.15) is 5.69 Å². The molecule has 1 fully saturated rings. The van der Waals surface area contributed by atoms with Gasteiger partial charge in [-0.1, -0.05) is 0 Å². The highest BCUT2D eigenvalue weighted by Crippen LogP contribution is 2.34. The van der Waals surface area contributed by atoms with Crippen LogP contribution in [0.15, 0.2) is 12.1 Å². The van der Waals surface area contributed by atoms with Crippen LogP contribution in [-0.4, -0.2) is 30.0 Å². The first-order valence-electron chi connectivity index (χ1n) is 7.22. The van der Waals surface area contributed by atoms with Gasteiger partial charge in [0, 0.05) is 24.3 Å². The Hall–Kier alpha value is -2.15. The predicted molar refractivity (Wildman–Crippen MR) is 79.6 cm³/mol. The van der Waals surface area contributed by atoms with Crippen molar-refractivity contribution in [2.75, 3.05) is 23.7 Å². The normalized spacial score (nSPS) is 20.2. The van der Waals surface area contributed by atoms with Gasteiger partial charge >= 0.3 is 0 Å². The number of rotatable bonds is 5. The molecule has 21 heavy (non-hydrogen) atoms. The Balaban J connectivity index is 1.72. The third-order valence-electron chi connectivity index (χ3n) is 4.01. The van der Waals surface area contributed by atoms with E-state index in [1.807, 2.05) is 0 Å². The maximum atomic E-state index is 11.4. The number of carbonyl (C=O) groups is 1. The third kappa shape index (κ3) is 2.97. The van der Waals surface area contributed by atoms with Crippen LogP contribution in [0.1, 0.15) is 24.8 Å². The third-order valence-corrected chi connectivity index (χ3v) is 4.01. The summed E-state index contributed by atoms with van der Waals surface area (Å²) in [5.41, 5.74) is 1.87. The molecule has 1 aromatic rings. The lowest BCUT2D eigenvalue weighted by molar-refractivity contribution is -0.384. The van der Waals surface area contributed by atoms with Gasteiger partial charge in [-0.05, 0) is 37.4 Å². The number of nitrogens with zero attached hydrogens (tertiary/aromatic N) is 1. The fraction of sp³-hybridized carbons (Fsp3) is 0.500. The van der Waals surface area contributed by atoms with Gasteiger partial charge in [-0.15, -0.1) is 0 Å². The first kappa shape index (κ1) is 13.8. The van der Waals surface area contributed by atoms with Crippen LogP contribution in [0.4, 0.5) is 17.1 Å². The summed E-state index contributed by atoms with van der Waals surface area (Å²) in [5, 5.41) is 20.4. The minimum atomic E-state index is -0.404. The second kappa shape index (κ2) is 5.69. The zero-order valence-electron chi connectivity index (χ0n) is 11.6. The lowest BCUT2D eigenvalue weighted by atomic mass is 10.1. The van der Waals surface area contributed by atoms with E-state index in [1.54, 1.807) is 6.07 Å². The van der Waals surface area contributed by atoms with Crippen molar-refractivity contribution >= 4 is 23.0 Å². The standard InChI is InChI=1S/C14H18N4O3/c19-14-7-9-6-13(18(20)21)12(8-11(9)17-14)16-5-3-10-2-1-4-15-10/h6,8,10,15-16H,1-5,7H2,(H,17,19)/t10-/m1/s1. The molecule has 1 aromatic carbocycles. The van der Waals surface area contributed by atoms with Gasteiger partial charge < -0.3 is 16.0 Å². The van der Waals surface area contributed by atoms with Gasteiger partial charge in [0.25, 0.3) is 5.69 Å². The highest BCUT2D eigenvalue weighted by atomic mass is 16.6. The van der Waals surface area contributed by atoms with Gasteiger partial charge in [0.2, 0.25) is 5.91 Å². The summed E-state index contributed by atoms with van der Waals surface area (Å²) in [4.78, 5) is 22.1. The fourth-order valence-electron chi connectivity index (χ4n) is 2.94. The van der Waals surface area contributed by atoms with Crippen LogP contribution in [0.3, 0.4) is 0 Å². The molecule has 7 nitrogen and oxygen atoms in total. The quantitative estimate of drug-likeness (QED) is 0.566. The van der Waals surface area contributed by atoms with Crippen LogP contribution in [0.25, 0.3) is 0 Å². The summed E-state index contributed by atoms with van der Waals surface area (Å²) in [6.07, 6.45) is 3.49. The van der Waals surface area contributed by atoms with Gasteiger partial charge in [-0.3, -0.25) is 14.9 Å². The van der Waals surface area contributed by atoms with E-state index in [0.29, 0.717) is 29.5 Å². The van der Waals surface area contributed by atoms with Crippen LogP contribution in [0, 0.1) is 10.1 Å². The van der Waals surface area contributed by atoms with Crippen molar-refractivity contribution in [3.8, 4) is 0 Å². The zero-order chi connectivity index (χ0) is 14.8. The lowest BCUT2D eigenvalue weighted by Crippen LogP contribution is -2.24. The van der Waals surface area contributed by atoms with Gasteiger partial charge in [-0.2, -0.15) is 0 Å². The Morgan fingerprint density at radius 2 is 2.29 bits per heavy atom. The fourth-order valence-corrected chi connectivity index (χ4v) is 2.94. The zero-order valence-corrected chi connectivity index (χ0v) is 11.6. The van der Waals surface area contributed by atoms with E-state index in [4.69, 9.17) is 0 Å². The van der Waals surface area contributed by atoms with Crippen molar-refractivity contribution < 1.29 is 9.72 Å². The van der Waals surface area contributed by atoms with E-state index in [2.05, 4.69) is 16.0 Å². The Morgan fingerprint density at radius 3 is 3.00 bits per heavy atom. The molecule has 0 unspecified atom stereocenters. The number of amides is 1. The first-order chi connectivity index (χ1) is 10.1. The van der Waals surface area contributed by atoms with E-state index in [1.165, 1.54) is 12.5 Å². The van der Waals surface area contributed by atoms with Crippen molar-refractivity contribution in [2.24, 2.45) is 0 Å². The molecule has 0 radical (unpaired) electrons. The van der Waals surface area contributed by atoms with Crippen molar-refractivity contribution in [1.29, 1.82) is 0 Å². The summed E-state index contributed by atoms with van der Waals surface area (Å²) < 4.78 is 0. The summed E-state index contributed by atoms with van der Waals surface area (Å²) in [6, 6.07) is 3.65. The molecule has 3 N–H and O–H groups in total. The summed E-state index contributed by atoms with van der Waals surface area (Å²) in [6.45, 7) is 1.72. The molecule has 0 saturated carbocycles. The number of nitro benzene ring substituents is 1. The van der Waals surface area contributed by atoms with Crippen LogP contribution in [0.5, 0.6) is 0 Å². The number of fused-ring (bicyclic) bond motifs is 1. The van der Waals surface area contributed by atoms with Crippen LogP contribution < -0.4 is 16.0 Å². The Kier molecular flexibility index (Phi) is 3.74. The number of hydrogen-bond acceptors (Lipinski definition) is 5. The smallest absolute Gasteiger partial charge is 0.292 e. The lowest BCUT2D eigenvalue weighted by Gasteiger charge is -2.12. The minimum absolute atomic E-state index is 0.0321. The average Bonchev–Trinajstić information content (AvgIpc) is 3.05. The number of carbonyl (C=O) groups excluding carboxylic acids is 1. The molecular weight excluding hydrogens is 272 g/mol. The summed E-state index contributed by atoms with van der Waals surface area (Å²) >= 11 is 0. The molecule has 1 atom stereocenters. The van der Waals surface area contributed by atoms with Crippen LogP contribution >= 0.6 is 0 Å². The first-order valence-corrected chi connectivity index (χ1v) is 7.22. The molecular formula is C14H18N4O3. The Morgan fingerprint density at radius 1 is 1.43 bits per heavy atom. The predicted octanol–water partition coefficient (Wildman–Crippen LogP) is 1.64. The van der Waals surface area contributed by atoms with E-state index < -0.39 is 4.92 Å². The maximum absolute atomic E-state index is 11.4. The van der Waals surface area contributed by atoms with E-state index in [0.717, 1.165) is 19.4 Å². The minimum Gasteiger partial charge on any atom is -0.379 e. The molecule has 112 valence electrons. The monoisotopic (exact) mass is 290 g/mol.